The quantitative estimate of drug-likeness (QED) is 0.713. The van der Waals surface area contributed by atoms with Gasteiger partial charge in [0, 0.05) is 12.1 Å². The van der Waals surface area contributed by atoms with E-state index < -0.39 is 0 Å². The second-order valence-electron chi connectivity index (χ2n) is 5.15. The van der Waals surface area contributed by atoms with E-state index in [9.17, 15) is 5.26 Å². The van der Waals surface area contributed by atoms with Crippen molar-refractivity contribution in [1.82, 2.24) is 4.90 Å². The van der Waals surface area contributed by atoms with Crippen LogP contribution >= 0.6 is 0 Å². The van der Waals surface area contributed by atoms with Crippen molar-refractivity contribution in [1.29, 1.82) is 5.26 Å². The molecule has 1 rings (SSSR count). The zero-order valence-corrected chi connectivity index (χ0v) is 10.5. The first-order valence-electron chi connectivity index (χ1n) is 6.21. The molecule has 0 aromatic heterocycles. The summed E-state index contributed by atoms with van der Waals surface area (Å²) in [5.41, 5.74) is 0. The molecule has 1 aliphatic carbocycles. The summed E-state index contributed by atoms with van der Waals surface area (Å²) in [6.07, 6.45) is 4.82. The zero-order valence-electron chi connectivity index (χ0n) is 10.5. The summed E-state index contributed by atoms with van der Waals surface area (Å²) in [5.74, 6) is 1.08. The maximum Gasteiger partial charge on any atom is 0.0672 e. The van der Waals surface area contributed by atoms with E-state index in [0.29, 0.717) is 12.1 Å². The normalized spacial score (nSPS) is 31.9. The standard InChI is InChI=1S/C13H24N2/c1-5-11-6-7-12(9-14)13(8-11)15(4)10(2)3/h10-13H,5-8H2,1-4H3. The van der Waals surface area contributed by atoms with Crippen LogP contribution in [0.15, 0.2) is 0 Å². The summed E-state index contributed by atoms with van der Waals surface area (Å²) in [6.45, 7) is 6.69. The molecule has 86 valence electrons. The van der Waals surface area contributed by atoms with Crippen LogP contribution in [0.2, 0.25) is 0 Å². The third-order valence-corrected chi connectivity index (χ3v) is 4.01. The maximum absolute atomic E-state index is 9.17. The Morgan fingerprint density at radius 1 is 1.40 bits per heavy atom. The lowest BCUT2D eigenvalue weighted by Crippen LogP contribution is -2.45. The summed E-state index contributed by atoms with van der Waals surface area (Å²) in [6, 6.07) is 3.52. The molecule has 0 N–H and O–H groups in total. The van der Waals surface area contributed by atoms with E-state index in [1.165, 1.54) is 19.3 Å². The van der Waals surface area contributed by atoms with Gasteiger partial charge >= 0.3 is 0 Å². The molecule has 0 aromatic carbocycles. The topological polar surface area (TPSA) is 27.0 Å². The maximum atomic E-state index is 9.17. The van der Waals surface area contributed by atoms with Crippen LogP contribution in [0.5, 0.6) is 0 Å². The molecule has 0 heterocycles. The van der Waals surface area contributed by atoms with Gasteiger partial charge < -0.3 is 0 Å². The zero-order chi connectivity index (χ0) is 11.4. The third-order valence-electron chi connectivity index (χ3n) is 4.01. The van der Waals surface area contributed by atoms with Gasteiger partial charge in [0.15, 0.2) is 0 Å². The largest absolute Gasteiger partial charge is 0.300 e. The average Bonchev–Trinajstić information content (AvgIpc) is 2.27. The lowest BCUT2D eigenvalue weighted by atomic mass is 9.77. The summed E-state index contributed by atoms with van der Waals surface area (Å²) in [7, 11) is 2.16. The molecule has 0 spiro atoms. The fourth-order valence-electron chi connectivity index (χ4n) is 2.59. The molecule has 0 amide bonds. The van der Waals surface area contributed by atoms with E-state index in [-0.39, 0.29) is 5.92 Å². The molecular formula is C13H24N2. The summed E-state index contributed by atoms with van der Waals surface area (Å²) in [5, 5.41) is 9.17. The van der Waals surface area contributed by atoms with Crippen LogP contribution in [0.1, 0.15) is 46.5 Å². The summed E-state index contributed by atoms with van der Waals surface area (Å²) >= 11 is 0. The van der Waals surface area contributed by atoms with Gasteiger partial charge in [0.05, 0.1) is 12.0 Å². The van der Waals surface area contributed by atoms with E-state index in [1.54, 1.807) is 0 Å². The highest BCUT2D eigenvalue weighted by Gasteiger charge is 2.33. The Morgan fingerprint density at radius 3 is 2.53 bits per heavy atom. The molecule has 0 radical (unpaired) electrons. The van der Waals surface area contributed by atoms with Gasteiger partial charge in [-0.15, -0.1) is 0 Å². The van der Waals surface area contributed by atoms with Crippen molar-refractivity contribution in [2.75, 3.05) is 7.05 Å². The first-order chi connectivity index (χ1) is 7.10. The van der Waals surface area contributed by atoms with E-state index >= 15 is 0 Å². The van der Waals surface area contributed by atoms with Crippen molar-refractivity contribution >= 4 is 0 Å². The Morgan fingerprint density at radius 2 is 2.07 bits per heavy atom. The number of hydrogen-bond acceptors (Lipinski definition) is 2. The van der Waals surface area contributed by atoms with Crippen LogP contribution in [0.4, 0.5) is 0 Å². The van der Waals surface area contributed by atoms with Crippen LogP contribution in [-0.2, 0) is 0 Å². The molecule has 0 aromatic rings. The highest BCUT2D eigenvalue weighted by Crippen LogP contribution is 2.33. The van der Waals surface area contributed by atoms with Crippen molar-refractivity contribution in [2.45, 2.75) is 58.5 Å². The highest BCUT2D eigenvalue weighted by molar-refractivity contribution is 4.97. The molecular weight excluding hydrogens is 184 g/mol. The van der Waals surface area contributed by atoms with Crippen LogP contribution in [-0.4, -0.2) is 24.0 Å². The molecule has 2 heteroatoms. The number of hydrogen-bond donors (Lipinski definition) is 0. The van der Waals surface area contributed by atoms with Crippen molar-refractivity contribution < 1.29 is 0 Å². The predicted molar refractivity (Wildman–Crippen MR) is 63.4 cm³/mol. The second-order valence-corrected chi connectivity index (χ2v) is 5.15. The fraction of sp³-hybridized carbons (Fsp3) is 0.923. The van der Waals surface area contributed by atoms with Gasteiger partial charge in [0.1, 0.15) is 0 Å². The Bertz CT molecular complexity index is 229. The number of nitrogens with zero attached hydrogens (tertiary/aromatic N) is 2. The lowest BCUT2D eigenvalue weighted by Gasteiger charge is -2.40. The van der Waals surface area contributed by atoms with Gasteiger partial charge in [-0.1, -0.05) is 13.3 Å². The smallest absolute Gasteiger partial charge is 0.0672 e. The van der Waals surface area contributed by atoms with Crippen molar-refractivity contribution in [3.8, 4) is 6.07 Å². The van der Waals surface area contributed by atoms with Crippen LogP contribution in [0, 0.1) is 23.2 Å². The Hall–Kier alpha value is -0.550. The van der Waals surface area contributed by atoms with Gasteiger partial charge in [0.2, 0.25) is 0 Å². The minimum Gasteiger partial charge on any atom is -0.300 e. The Kier molecular flexibility index (Phi) is 4.60. The molecule has 0 saturated heterocycles. The van der Waals surface area contributed by atoms with Gasteiger partial charge in [-0.25, -0.2) is 0 Å². The van der Waals surface area contributed by atoms with Crippen molar-refractivity contribution in [3.05, 3.63) is 0 Å². The lowest BCUT2D eigenvalue weighted by molar-refractivity contribution is 0.0985. The summed E-state index contributed by atoms with van der Waals surface area (Å²) < 4.78 is 0. The third kappa shape index (κ3) is 2.95. The van der Waals surface area contributed by atoms with Gasteiger partial charge in [-0.2, -0.15) is 5.26 Å². The van der Waals surface area contributed by atoms with E-state index in [4.69, 9.17) is 0 Å². The SMILES string of the molecule is CCC1CCC(C#N)C(N(C)C(C)C)C1. The second kappa shape index (κ2) is 5.51. The molecule has 15 heavy (non-hydrogen) atoms. The Labute approximate surface area is 94.3 Å². The first kappa shape index (κ1) is 12.5. The number of nitriles is 1. The highest BCUT2D eigenvalue weighted by atomic mass is 15.2. The predicted octanol–water partition coefficient (Wildman–Crippen LogP) is 3.05. The van der Waals surface area contributed by atoms with Crippen molar-refractivity contribution in [3.63, 3.8) is 0 Å². The van der Waals surface area contributed by atoms with Gasteiger partial charge in [-0.05, 0) is 46.1 Å². The molecule has 1 fully saturated rings. The van der Waals surface area contributed by atoms with Gasteiger partial charge in [-0.3, -0.25) is 4.90 Å². The monoisotopic (exact) mass is 208 g/mol. The van der Waals surface area contributed by atoms with Crippen LogP contribution in [0.3, 0.4) is 0 Å². The average molecular weight is 208 g/mol. The van der Waals surface area contributed by atoms with Crippen LogP contribution < -0.4 is 0 Å². The Balaban J connectivity index is 2.67. The van der Waals surface area contributed by atoms with E-state index in [2.05, 4.69) is 38.8 Å². The van der Waals surface area contributed by atoms with Crippen molar-refractivity contribution in [2.24, 2.45) is 11.8 Å². The molecule has 0 bridgehead atoms. The first-order valence-corrected chi connectivity index (χ1v) is 6.21. The van der Waals surface area contributed by atoms with E-state index in [0.717, 1.165) is 12.3 Å². The molecule has 2 nitrogen and oxygen atoms in total. The number of rotatable bonds is 3. The van der Waals surface area contributed by atoms with E-state index in [1.807, 2.05) is 0 Å². The molecule has 3 atom stereocenters. The fourth-order valence-corrected chi connectivity index (χ4v) is 2.59. The molecule has 1 saturated carbocycles. The minimum atomic E-state index is 0.250. The molecule has 1 aliphatic rings. The van der Waals surface area contributed by atoms with Crippen LogP contribution in [0.25, 0.3) is 0 Å². The molecule has 0 aliphatic heterocycles. The molecule has 3 unspecified atom stereocenters. The minimum absolute atomic E-state index is 0.250. The van der Waals surface area contributed by atoms with Gasteiger partial charge in [0.25, 0.3) is 0 Å². The summed E-state index contributed by atoms with van der Waals surface area (Å²) in [4.78, 5) is 2.38.